The number of rotatable bonds is 0. The van der Waals surface area contributed by atoms with Gasteiger partial charge in [0.2, 0.25) is 0 Å². The molecule has 3 rings (SSSR count). The molecule has 2 aliphatic rings. The first kappa shape index (κ1) is 10.8. The lowest BCUT2D eigenvalue weighted by atomic mass is 10.0. The van der Waals surface area contributed by atoms with Crippen LogP contribution in [-0.2, 0) is 21.7 Å². The number of benzene rings is 1. The van der Waals surface area contributed by atoms with Crippen molar-refractivity contribution < 1.29 is 9.47 Å². The Kier molecular flexibility index (Phi) is 2.57. The highest BCUT2D eigenvalue weighted by Crippen LogP contribution is 2.46. The summed E-state index contributed by atoms with van der Waals surface area (Å²) in [5.41, 5.74) is 3.90. The van der Waals surface area contributed by atoms with Crippen molar-refractivity contribution >= 4 is 15.9 Å². The van der Waals surface area contributed by atoms with E-state index >= 15 is 0 Å². The van der Waals surface area contributed by atoms with Crippen molar-refractivity contribution in [3.05, 3.63) is 33.3 Å². The van der Waals surface area contributed by atoms with E-state index < -0.39 is 5.79 Å². The van der Waals surface area contributed by atoms with E-state index in [0.717, 1.165) is 32.5 Å². The van der Waals surface area contributed by atoms with Crippen LogP contribution in [0.25, 0.3) is 0 Å². The van der Waals surface area contributed by atoms with Crippen molar-refractivity contribution in [1.82, 2.24) is 0 Å². The first-order chi connectivity index (χ1) is 7.73. The topological polar surface area (TPSA) is 18.5 Å². The fraction of sp³-hybridized carbons (Fsp3) is 0.538. The van der Waals surface area contributed by atoms with Gasteiger partial charge < -0.3 is 9.47 Å². The predicted molar refractivity (Wildman–Crippen MR) is 65.4 cm³/mol. The SMILES string of the molecule is Cc1ccc(Br)c2c1C1(CC2)OCCCO1. The minimum absolute atomic E-state index is 0.443. The summed E-state index contributed by atoms with van der Waals surface area (Å²) in [7, 11) is 0. The molecule has 1 aliphatic heterocycles. The molecule has 1 aromatic rings. The third-order valence-electron chi connectivity index (χ3n) is 3.51. The summed E-state index contributed by atoms with van der Waals surface area (Å²) in [4.78, 5) is 0. The number of ether oxygens (including phenoxy) is 2. The Morgan fingerprint density at radius 2 is 2.00 bits per heavy atom. The fourth-order valence-electron chi connectivity index (χ4n) is 2.79. The van der Waals surface area contributed by atoms with E-state index in [1.54, 1.807) is 0 Å². The van der Waals surface area contributed by atoms with Crippen LogP contribution >= 0.6 is 15.9 Å². The fourth-order valence-corrected chi connectivity index (χ4v) is 3.32. The van der Waals surface area contributed by atoms with E-state index in [0.29, 0.717) is 0 Å². The van der Waals surface area contributed by atoms with Gasteiger partial charge in [0.05, 0.1) is 13.2 Å². The molecule has 1 spiro atoms. The molecule has 3 heteroatoms. The summed E-state index contributed by atoms with van der Waals surface area (Å²) in [6.45, 7) is 3.76. The Morgan fingerprint density at radius 1 is 1.25 bits per heavy atom. The second-order valence-electron chi connectivity index (χ2n) is 4.52. The van der Waals surface area contributed by atoms with Crippen molar-refractivity contribution in [2.45, 2.75) is 32.0 Å². The molecule has 86 valence electrons. The molecular formula is C13H15BrO2. The van der Waals surface area contributed by atoms with Crippen LogP contribution in [0, 0.1) is 6.92 Å². The van der Waals surface area contributed by atoms with Crippen molar-refractivity contribution in [3.63, 3.8) is 0 Å². The van der Waals surface area contributed by atoms with Gasteiger partial charge in [-0.2, -0.15) is 0 Å². The van der Waals surface area contributed by atoms with Gasteiger partial charge in [-0.15, -0.1) is 0 Å². The maximum atomic E-state index is 5.95. The number of hydrogen-bond acceptors (Lipinski definition) is 2. The molecule has 1 heterocycles. The van der Waals surface area contributed by atoms with Gasteiger partial charge in [0.1, 0.15) is 0 Å². The maximum Gasteiger partial charge on any atom is 0.195 e. The Hall–Kier alpha value is -0.380. The van der Waals surface area contributed by atoms with Gasteiger partial charge in [-0.05, 0) is 37.0 Å². The average Bonchev–Trinajstić information content (AvgIpc) is 2.66. The Labute approximate surface area is 104 Å². The summed E-state index contributed by atoms with van der Waals surface area (Å²) in [5, 5.41) is 0. The van der Waals surface area contributed by atoms with Gasteiger partial charge in [-0.1, -0.05) is 22.0 Å². The first-order valence-corrected chi connectivity index (χ1v) is 6.59. The summed E-state index contributed by atoms with van der Waals surface area (Å²) in [5.74, 6) is -0.443. The molecule has 0 bridgehead atoms. The van der Waals surface area contributed by atoms with Crippen LogP contribution in [0.1, 0.15) is 29.5 Å². The zero-order valence-electron chi connectivity index (χ0n) is 9.38. The van der Waals surface area contributed by atoms with E-state index in [1.807, 2.05) is 0 Å². The van der Waals surface area contributed by atoms with Crippen LogP contribution in [0.5, 0.6) is 0 Å². The predicted octanol–water partition coefficient (Wildman–Crippen LogP) is 3.29. The van der Waals surface area contributed by atoms with Crippen molar-refractivity contribution in [2.75, 3.05) is 13.2 Å². The Bertz CT molecular complexity index is 422. The summed E-state index contributed by atoms with van der Waals surface area (Å²) in [6, 6.07) is 4.26. The van der Waals surface area contributed by atoms with Crippen LogP contribution < -0.4 is 0 Å². The maximum absolute atomic E-state index is 5.95. The van der Waals surface area contributed by atoms with Gasteiger partial charge >= 0.3 is 0 Å². The highest BCUT2D eigenvalue weighted by Gasteiger charge is 2.44. The molecule has 2 nitrogen and oxygen atoms in total. The van der Waals surface area contributed by atoms with Crippen LogP contribution in [0.2, 0.25) is 0 Å². The molecule has 16 heavy (non-hydrogen) atoms. The van der Waals surface area contributed by atoms with E-state index in [-0.39, 0.29) is 0 Å². The van der Waals surface area contributed by atoms with Gasteiger partial charge in [-0.3, -0.25) is 0 Å². The minimum atomic E-state index is -0.443. The zero-order valence-corrected chi connectivity index (χ0v) is 11.0. The smallest absolute Gasteiger partial charge is 0.195 e. The molecule has 0 saturated carbocycles. The van der Waals surface area contributed by atoms with Gasteiger partial charge in [0.25, 0.3) is 0 Å². The molecule has 0 radical (unpaired) electrons. The first-order valence-electron chi connectivity index (χ1n) is 5.79. The van der Waals surface area contributed by atoms with E-state index in [9.17, 15) is 0 Å². The normalized spacial score (nSPS) is 22.4. The average molecular weight is 283 g/mol. The van der Waals surface area contributed by atoms with E-state index in [2.05, 4.69) is 35.0 Å². The highest BCUT2D eigenvalue weighted by atomic mass is 79.9. The van der Waals surface area contributed by atoms with Gasteiger partial charge in [0.15, 0.2) is 5.79 Å². The van der Waals surface area contributed by atoms with Crippen LogP contribution in [0.3, 0.4) is 0 Å². The Balaban J connectivity index is 2.13. The molecule has 1 fully saturated rings. The van der Waals surface area contributed by atoms with E-state index in [1.165, 1.54) is 21.2 Å². The Morgan fingerprint density at radius 3 is 2.75 bits per heavy atom. The van der Waals surface area contributed by atoms with Crippen molar-refractivity contribution in [2.24, 2.45) is 0 Å². The van der Waals surface area contributed by atoms with Crippen LogP contribution in [-0.4, -0.2) is 13.2 Å². The number of aryl methyl sites for hydroxylation is 1. The summed E-state index contributed by atoms with van der Waals surface area (Å²) < 4.78 is 13.1. The van der Waals surface area contributed by atoms with Crippen LogP contribution in [0.15, 0.2) is 16.6 Å². The van der Waals surface area contributed by atoms with Gasteiger partial charge in [0, 0.05) is 16.5 Å². The quantitative estimate of drug-likeness (QED) is 0.727. The molecule has 1 saturated heterocycles. The second-order valence-corrected chi connectivity index (χ2v) is 5.38. The molecule has 0 N–H and O–H groups in total. The standard InChI is InChI=1S/C13H15BrO2/c1-9-3-4-11(14)10-5-6-13(12(9)10)15-7-2-8-16-13/h3-4H,2,5-8H2,1H3. The zero-order chi connectivity index (χ0) is 11.2. The van der Waals surface area contributed by atoms with Gasteiger partial charge in [-0.25, -0.2) is 0 Å². The lowest BCUT2D eigenvalue weighted by molar-refractivity contribution is -0.274. The highest BCUT2D eigenvalue weighted by molar-refractivity contribution is 9.10. The molecular weight excluding hydrogens is 268 g/mol. The molecule has 0 unspecified atom stereocenters. The summed E-state index contributed by atoms with van der Waals surface area (Å²) >= 11 is 3.62. The lowest BCUT2D eigenvalue weighted by Crippen LogP contribution is -2.36. The monoisotopic (exact) mass is 282 g/mol. The summed E-state index contributed by atoms with van der Waals surface area (Å²) in [6.07, 6.45) is 2.99. The second kappa shape index (κ2) is 3.83. The molecule has 1 aromatic carbocycles. The molecule has 1 aliphatic carbocycles. The molecule has 0 aromatic heterocycles. The molecule has 0 atom stereocenters. The van der Waals surface area contributed by atoms with Crippen LogP contribution in [0.4, 0.5) is 0 Å². The number of fused-ring (bicyclic) bond motifs is 2. The number of hydrogen-bond donors (Lipinski definition) is 0. The largest absolute Gasteiger partial charge is 0.346 e. The number of halogens is 1. The van der Waals surface area contributed by atoms with Crippen molar-refractivity contribution in [3.8, 4) is 0 Å². The minimum Gasteiger partial charge on any atom is -0.346 e. The van der Waals surface area contributed by atoms with E-state index in [4.69, 9.17) is 9.47 Å². The third-order valence-corrected chi connectivity index (χ3v) is 4.25. The van der Waals surface area contributed by atoms with Crippen molar-refractivity contribution in [1.29, 1.82) is 0 Å². The third kappa shape index (κ3) is 1.45. The lowest BCUT2D eigenvalue weighted by Gasteiger charge is -2.35. The molecule has 0 amide bonds.